The Hall–Kier alpha value is -0.710. The molecule has 5 heteroatoms. The minimum Gasteiger partial charge on any atom is -0.354 e. The quantitative estimate of drug-likeness (QED) is 0.748. The van der Waals surface area contributed by atoms with Crippen LogP contribution >= 0.6 is 11.8 Å². The summed E-state index contributed by atoms with van der Waals surface area (Å²) in [6.07, 6.45) is 4.69. The number of thioether (sulfide) groups is 1. The molecule has 0 aromatic carbocycles. The number of hydrogen-bond acceptors (Lipinski definition) is 3. The van der Waals surface area contributed by atoms with Crippen LogP contribution in [-0.2, 0) is 9.59 Å². The summed E-state index contributed by atoms with van der Waals surface area (Å²) in [7, 11) is 0. The number of amides is 2. The van der Waals surface area contributed by atoms with Crippen molar-refractivity contribution in [2.45, 2.75) is 43.4 Å². The first kappa shape index (κ1) is 11.8. The summed E-state index contributed by atoms with van der Waals surface area (Å²) >= 11 is 1.76. The molecule has 2 aliphatic rings. The number of nitrogens with one attached hydrogen (secondary N) is 2. The molecule has 2 N–H and O–H groups in total. The highest BCUT2D eigenvalue weighted by Gasteiger charge is 2.25. The van der Waals surface area contributed by atoms with E-state index in [1.54, 1.807) is 11.8 Å². The fourth-order valence-electron chi connectivity index (χ4n) is 2.10. The molecule has 0 saturated carbocycles. The topological polar surface area (TPSA) is 58.2 Å². The number of carbonyl (C=O) groups excluding carboxylic acids is 2. The van der Waals surface area contributed by atoms with Crippen molar-refractivity contribution in [1.82, 2.24) is 10.6 Å². The second kappa shape index (κ2) is 5.57. The molecule has 2 saturated heterocycles. The van der Waals surface area contributed by atoms with Crippen LogP contribution in [0.5, 0.6) is 0 Å². The van der Waals surface area contributed by atoms with E-state index in [0.717, 1.165) is 25.0 Å². The van der Waals surface area contributed by atoms with Gasteiger partial charge in [-0.2, -0.15) is 0 Å². The third-order valence-electron chi connectivity index (χ3n) is 3.08. The van der Waals surface area contributed by atoms with Crippen LogP contribution < -0.4 is 10.6 Å². The average molecular weight is 242 g/mol. The van der Waals surface area contributed by atoms with Crippen LogP contribution in [0.1, 0.15) is 32.1 Å². The van der Waals surface area contributed by atoms with Gasteiger partial charge in [-0.05, 0) is 25.0 Å². The lowest BCUT2D eigenvalue weighted by Crippen LogP contribution is -2.50. The Morgan fingerprint density at radius 2 is 2.25 bits per heavy atom. The van der Waals surface area contributed by atoms with Crippen molar-refractivity contribution in [3.63, 3.8) is 0 Å². The van der Waals surface area contributed by atoms with E-state index in [1.807, 2.05) is 0 Å². The lowest BCUT2D eigenvalue weighted by molar-refractivity contribution is -0.125. The predicted octanol–water partition coefficient (Wildman–Crippen LogP) is 0.667. The van der Waals surface area contributed by atoms with Gasteiger partial charge in [0.15, 0.2) is 0 Å². The third-order valence-corrected chi connectivity index (χ3v) is 4.46. The maximum atomic E-state index is 11.9. The fraction of sp³-hybridized carbons (Fsp3) is 0.818. The van der Waals surface area contributed by atoms with Gasteiger partial charge >= 0.3 is 0 Å². The van der Waals surface area contributed by atoms with Crippen molar-refractivity contribution in [2.24, 2.45) is 0 Å². The molecule has 90 valence electrons. The molecule has 2 atom stereocenters. The van der Waals surface area contributed by atoms with E-state index in [-0.39, 0.29) is 23.1 Å². The van der Waals surface area contributed by atoms with Crippen LogP contribution in [0.2, 0.25) is 0 Å². The highest BCUT2D eigenvalue weighted by atomic mass is 32.2. The zero-order chi connectivity index (χ0) is 11.4. The molecule has 2 heterocycles. The summed E-state index contributed by atoms with van der Waals surface area (Å²) in [5.41, 5.74) is 0. The fourth-order valence-corrected chi connectivity index (χ4v) is 3.31. The van der Waals surface area contributed by atoms with Crippen LogP contribution in [0.25, 0.3) is 0 Å². The third kappa shape index (κ3) is 3.14. The summed E-state index contributed by atoms with van der Waals surface area (Å²) in [6.45, 7) is 0.585. The van der Waals surface area contributed by atoms with Crippen LogP contribution in [0.15, 0.2) is 0 Å². The Morgan fingerprint density at radius 1 is 1.38 bits per heavy atom. The molecule has 4 nitrogen and oxygen atoms in total. The molecule has 16 heavy (non-hydrogen) atoms. The van der Waals surface area contributed by atoms with Crippen molar-refractivity contribution in [3.05, 3.63) is 0 Å². The van der Waals surface area contributed by atoms with Crippen molar-refractivity contribution in [2.75, 3.05) is 12.3 Å². The number of rotatable bonds is 2. The van der Waals surface area contributed by atoms with Gasteiger partial charge in [0.2, 0.25) is 11.8 Å². The Labute approximate surface area is 99.9 Å². The van der Waals surface area contributed by atoms with Gasteiger partial charge < -0.3 is 10.6 Å². The molecule has 0 bridgehead atoms. The number of carbonyl (C=O) groups is 2. The van der Waals surface area contributed by atoms with Crippen molar-refractivity contribution in [3.8, 4) is 0 Å². The molecule has 0 aromatic rings. The summed E-state index contributed by atoms with van der Waals surface area (Å²) < 4.78 is 0. The van der Waals surface area contributed by atoms with E-state index in [1.165, 1.54) is 6.42 Å². The van der Waals surface area contributed by atoms with Gasteiger partial charge in [0.1, 0.15) is 0 Å². The standard InChI is InChI=1S/C11H18N2O2S/c14-10-5-4-8(7-12-10)13-11(15)9-3-1-2-6-16-9/h8-9H,1-7H2,(H,12,14)(H,13,15). The zero-order valence-corrected chi connectivity index (χ0v) is 10.1. The van der Waals surface area contributed by atoms with Gasteiger partial charge in [-0.25, -0.2) is 0 Å². The van der Waals surface area contributed by atoms with E-state index in [4.69, 9.17) is 0 Å². The van der Waals surface area contributed by atoms with E-state index in [2.05, 4.69) is 10.6 Å². The van der Waals surface area contributed by atoms with Crippen molar-refractivity contribution >= 4 is 23.6 Å². The highest BCUT2D eigenvalue weighted by Crippen LogP contribution is 2.25. The SMILES string of the molecule is O=C1CCC(NC(=O)C2CCCCS2)CN1. The first-order chi connectivity index (χ1) is 7.75. The molecule has 0 spiro atoms. The molecule has 0 aliphatic carbocycles. The lowest BCUT2D eigenvalue weighted by Gasteiger charge is -2.27. The Morgan fingerprint density at radius 3 is 2.88 bits per heavy atom. The molecular weight excluding hydrogens is 224 g/mol. The number of hydrogen-bond donors (Lipinski definition) is 2. The van der Waals surface area contributed by atoms with E-state index in [9.17, 15) is 9.59 Å². The molecule has 2 amide bonds. The van der Waals surface area contributed by atoms with Crippen LogP contribution in [0.3, 0.4) is 0 Å². The molecular formula is C11H18N2O2S. The summed E-state index contributed by atoms with van der Waals surface area (Å²) in [4.78, 5) is 22.9. The Bertz CT molecular complexity index is 267. The summed E-state index contributed by atoms with van der Waals surface area (Å²) in [6, 6.07) is 0.132. The molecule has 2 rings (SSSR count). The van der Waals surface area contributed by atoms with Gasteiger partial charge in [0, 0.05) is 19.0 Å². The molecule has 0 aromatic heterocycles. The van der Waals surface area contributed by atoms with Crippen molar-refractivity contribution in [1.29, 1.82) is 0 Å². The minimum absolute atomic E-state index is 0.0949. The first-order valence-corrected chi connectivity index (χ1v) is 6.99. The second-order valence-corrected chi connectivity index (χ2v) is 5.71. The Kier molecular flexibility index (Phi) is 4.09. The summed E-state index contributed by atoms with van der Waals surface area (Å²) in [5.74, 6) is 1.35. The van der Waals surface area contributed by atoms with Crippen LogP contribution in [0.4, 0.5) is 0 Å². The van der Waals surface area contributed by atoms with Gasteiger partial charge in [-0.1, -0.05) is 6.42 Å². The van der Waals surface area contributed by atoms with E-state index < -0.39 is 0 Å². The average Bonchev–Trinajstić information content (AvgIpc) is 2.33. The predicted molar refractivity (Wildman–Crippen MR) is 64.3 cm³/mol. The Balaban J connectivity index is 1.75. The lowest BCUT2D eigenvalue weighted by atomic mass is 10.1. The number of piperidine rings is 1. The first-order valence-electron chi connectivity index (χ1n) is 5.94. The second-order valence-electron chi connectivity index (χ2n) is 4.40. The van der Waals surface area contributed by atoms with Gasteiger partial charge in [0.05, 0.1) is 5.25 Å². The van der Waals surface area contributed by atoms with E-state index >= 15 is 0 Å². The minimum atomic E-state index is 0.0949. The van der Waals surface area contributed by atoms with Crippen LogP contribution in [0, 0.1) is 0 Å². The smallest absolute Gasteiger partial charge is 0.233 e. The van der Waals surface area contributed by atoms with Gasteiger partial charge in [-0.15, -0.1) is 11.8 Å². The van der Waals surface area contributed by atoms with Crippen molar-refractivity contribution < 1.29 is 9.59 Å². The molecule has 2 fully saturated rings. The maximum absolute atomic E-state index is 11.9. The van der Waals surface area contributed by atoms with Gasteiger partial charge in [-0.3, -0.25) is 9.59 Å². The monoisotopic (exact) mass is 242 g/mol. The van der Waals surface area contributed by atoms with Crippen LogP contribution in [-0.4, -0.2) is 35.4 Å². The zero-order valence-electron chi connectivity index (χ0n) is 9.33. The largest absolute Gasteiger partial charge is 0.354 e. The molecule has 2 aliphatic heterocycles. The van der Waals surface area contributed by atoms with E-state index in [0.29, 0.717) is 13.0 Å². The molecule has 0 radical (unpaired) electrons. The highest BCUT2D eigenvalue weighted by molar-refractivity contribution is 8.00. The van der Waals surface area contributed by atoms with Gasteiger partial charge in [0.25, 0.3) is 0 Å². The maximum Gasteiger partial charge on any atom is 0.233 e. The normalized spacial score (nSPS) is 30.6. The summed E-state index contributed by atoms with van der Waals surface area (Å²) in [5, 5.41) is 5.95. The molecule has 2 unspecified atom stereocenters.